The quantitative estimate of drug-likeness (QED) is 0.533. The van der Waals surface area contributed by atoms with Crippen molar-refractivity contribution in [2.45, 2.75) is 26.7 Å². The molecule has 0 fully saturated rings. The van der Waals surface area contributed by atoms with Crippen molar-refractivity contribution in [3.63, 3.8) is 0 Å². The molecular weight excluding hydrogens is 200 g/mol. The van der Waals surface area contributed by atoms with E-state index < -0.39 is 0 Å². The summed E-state index contributed by atoms with van der Waals surface area (Å²) in [5.41, 5.74) is 0. The van der Waals surface area contributed by atoms with Crippen LogP contribution in [-0.4, -0.2) is 15.5 Å². The largest absolute Gasteiger partial charge is 0.287 e. The fourth-order valence-electron chi connectivity index (χ4n) is 0.808. The van der Waals surface area contributed by atoms with Crippen LogP contribution in [0.3, 0.4) is 0 Å². The van der Waals surface area contributed by atoms with E-state index in [1.807, 2.05) is 7.94 Å². The molecule has 2 nitrogen and oxygen atoms in total. The highest BCUT2D eigenvalue weighted by atomic mass is 32.2. The van der Waals surface area contributed by atoms with Crippen LogP contribution in [0.1, 0.15) is 26.7 Å². The van der Waals surface area contributed by atoms with Crippen molar-refractivity contribution in [1.29, 1.82) is 0 Å². The van der Waals surface area contributed by atoms with Crippen molar-refractivity contribution in [2.24, 2.45) is 0 Å². The standard InChI is InChI=1S/C9H16N2S2/c1-3-7-12-10-5-6-11(9-10)13-8-4-2/h5-6H,3-4,7-8H2,1-2H3. The van der Waals surface area contributed by atoms with E-state index in [1.54, 1.807) is 23.9 Å². The molecule has 4 heteroatoms. The van der Waals surface area contributed by atoms with Crippen molar-refractivity contribution in [2.75, 3.05) is 11.5 Å². The van der Waals surface area contributed by atoms with Crippen molar-refractivity contribution in [3.05, 3.63) is 18.7 Å². The first-order valence-electron chi connectivity index (χ1n) is 4.65. The van der Waals surface area contributed by atoms with Gasteiger partial charge in [-0.1, -0.05) is 13.8 Å². The van der Waals surface area contributed by atoms with Crippen LogP contribution in [0.5, 0.6) is 0 Å². The van der Waals surface area contributed by atoms with E-state index in [1.165, 1.54) is 12.8 Å². The topological polar surface area (TPSA) is 8.81 Å². The minimum absolute atomic E-state index is 1.16. The summed E-state index contributed by atoms with van der Waals surface area (Å²) in [6.07, 6.45) is 9.77. The summed E-state index contributed by atoms with van der Waals surface area (Å²) < 4.78 is 4.10. The Morgan fingerprint density at radius 2 is 2.08 bits per heavy atom. The number of rotatable bonds is 6. The molecule has 1 aromatic rings. The Kier molecular flexibility index (Phi) is 5.39. The van der Waals surface area contributed by atoms with E-state index in [0.717, 1.165) is 11.5 Å². The Morgan fingerprint density at radius 3 is 2.77 bits per heavy atom. The van der Waals surface area contributed by atoms with E-state index in [2.05, 4.69) is 32.6 Å². The maximum absolute atomic E-state index is 3.24. The summed E-state index contributed by atoms with van der Waals surface area (Å²) in [5.74, 6) is 2.31. The molecular formula is C9H16N2S2. The van der Waals surface area contributed by atoms with Gasteiger partial charge in [0.15, 0.2) is 0 Å². The van der Waals surface area contributed by atoms with Crippen LogP contribution in [-0.2, 0) is 0 Å². The monoisotopic (exact) mass is 216 g/mol. The first-order valence-corrected chi connectivity index (χ1v) is 6.54. The lowest BCUT2D eigenvalue weighted by Crippen LogP contribution is -2.22. The summed E-state index contributed by atoms with van der Waals surface area (Å²) in [7, 11) is 0. The molecule has 0 aliphatic rings. The molecule has 13 heavy (non-hydrogen) atoms. The third kappa shape index (κ3) is 4.09. The summed E-state index contributed by atoms with van der Waals surface area (Å²) in [6.45, 7) is 4.38. The third-order valence-electron chi connectivity index (χ3n) is 1.40. The summed E-state index contributed by atoms with van der Waals surface area (Å²) in [5, 5.41) is 0. The minimum Gasteiger partial charge on any atom is -0.287 e. The van der Waals surface area contributed by atoms with Gasteiger partial charge >= 0.3 is 0 Å². The predicted octanol–water partition coefficient (Wildman–Crippen LogP) is 2.39. The van der Waals surface area contributed by atoms with Crippen molar-refractivity contribution < 1.29 is 3.97 Å². The zero-order valence-electron chi connectivity index (χ0n) is 8.19. The Bertz CT molecular complexity index is 213. The van der Waals surface area contributed by atoms with E-state index in [0.29, 0.717) is 0 Å². The van der Waals surface area contributed by atoms with Gasteiger partial charge in [0.05, 0.1) is 0 Å². The molecule has 0 bridgehead atoms. The Morgan fingerprint density at radius 1 is 1.31 bits per heavy atom. The van der Waals surface area contributed by atoms with Gasteiger partial charge in [0, 0.05) is 35.4 Å². The van der Waals surface area contributed by atoms with Crippen LogP contribution in [0.2, 0.25) is 0 Å². The zero-order chi connectivity index (χ0) is 9.52. The van der Waals surface area contributed by atoms with Gasteiger partial charge in [0.2, 0.25) is 6.33 Å². The van der Waals surface area contributed by atoms with Gasteiger partial charge in [-0.3, -0.25) is 7.94 Å². The third-order valence-corrected chi connectivity index (χ3v) is 3.55. The zero-order valence-corrected chi connectivity index (χ0v) is 9.83. The molecule has 1 rings (SSSR count). The predicted molar refractivity (Wildman–Crippen MR) is 59.8 cm³/mol. The molecule has 0 aliphatic carbocycles. The lowest BCUT2D eigenvalue weighted by molar-refractivity contribution is -0.497. The molecule has 74 valence electrons. The maximum Gasteiger partial charge on any atom is 0.229 e. The van der Waals surface area contributed by atoms with Crippen molar-refractivity contribution in [3.8, 4) is 0 Å². The summed E-state index contributed by atoms with van der Waals surface area (Å²) in [6, 6.07) is 0. The number of nitrogens with zero attached hydrogens (tertiary/aromatic N) is 2. The first kappa shape index (κ1) is 11.0. The van der Waals surface area contributed by atoms with Gasteiger partial charge in [0.1, 0.15) is 0 Å². The molecule has 0 aliphatic heterocycles. The van der Waals surface area contributed by atoms with Crippen LogP contribution in [0.4, 0.5) is 0 Å². The van der Waals surface area contributed by atoms with E-state index in [4.69, 9.17) is 0 Å². The molecule has 0 saturated carbocycles. The lowest BCUT2D eigenvalue weighted by atomic mass is 10.6. The lowest BCUT2D eigenvalue weighted by Gasteiger charge is -1.96. The van der Waals surface area contributed by atoms with Gasteiger partial charge < -0.3 is 0 Å². The maximum atomic E-state index is 3.24. The highest BCUT2D eigenvalue weighted by Crippen LogP contribution is 2.06. The first-order chi connectivity index (χ1) is 6.36. The smallest absolute Gasteiger partial charge is 0.229 e. The number of imidazole rings is 1. The second kappa shape index (κ2) is 6.38. The van der Waals surface area contributed by atoms with Gasteiger partial charge in [-0.05, 0) is 25.2 Å². The van der Waals surface area contributed by atoms with Crippen LogP contribution < -0.4 is 3.97 Å². The molecule has 0 N–H and O–H groups in total. The number of aromatic nitrogens is 2. The Labute approximate surface area is 89.0 Å². The Balaban J connectivity index is 2.34. The van der Waals surface area contributed by atoms with E-state index in [-0.39, 0.29) is 0 Å². The molecule has 0 radical (unpaired) electrons. The number of hydrogen-bond donors (Lipinski definition) is 0. The van der Waals surface area contributed by atoms with Gasteiger partial charge in [-0.2, -0.15) is 0 Å². The van der Waals surface area contributed by atoms with E-state index in [9.17, 15) is 0 Å². The van der Waals surface area contributed by atoms with Gasteiger partial charge in [-0.15, -0.1) is 0 Å². The van der Waals surface area contributed by atoms with Crippen LogP contribution in [0, 0.1) is 6.33 Å². The Hall–Kier alpha value is -0.0900. The number of hydrogen-bond acceptors (Lipinski definition) is 2. The summed E-state index contributed by atoms with van der Waals surface area (Å²) >= 11 is 3.60. The van der Waals surface area contributed by atoms with Crippen LogP contribution >= 0.6 is 23.9 Å². The molecule has 0 atom stereocenters. The fraction of sp³-hybridized carbons (Fsp3) is 0.667. The molecule has 0 unspecified atom stereocenters. The van der Waals surface area contributed by atoms with Crippen LogP contribution in [0.15, 0.2) is 12.4 Å². The molecule has 0 spiro atoms. The fourth-order valence-corrected chi connectivity index (χ4v) is 2.19. The molecule has 1 aromatic heterocycles. The molecule has 0 aromatic carbocycles. The highest BCUT2D eigenvalue weighted by Gasteiger charge is 1.96. The average molecular weight is 216 g/mol. The highest BCUT2D eigenvalue weighted by molar-refractivity contribution is 7.97. The second-order valence-corrected chi connectivity index (χ2v) is 4.84. The van der Waals surface area contributed by atoms with Crippen molar-refractivity contribution >= 4 is 23.9 Å². The van der Waals surface area contributed by atoms with E-state index >= 15 is 0 Å². The molecule has 0 saturated heterocycles. The molecule has 1 heterocycles. The van der Waals surface area contributed by atoms with Crippen LogP contribution in [0.25, 0.3) is 0 Å². The van der Waals surface area contributed by atoms with Gasteiger partial charge in [0.25, 0.3) is 0 Å². The van der Waals surface area contributed by atoms with Gasteiger partial charge in [-0.25, -0.2) is 0 Å². The minimum atomic E-state index is 1.16. The SMILES string of the molecule is CCCSn1[c-][n+](SCCC)cc1. The second-order valence-electron chi connectivity index (χ2n) is 2.72. The normalized spacial score (nSPS) is 10.6. The average Bonchev–Trinajstić information content (AvgIpc) is 2.59. The molecule has 0 amide bonds. The summed E-state index contributed by atoms with van der Waals surface area (Å²) in [4.78, 5) is 0. The van der Waals surface area contributed by atoms with Crippen molar-refractivity contribution in [1.82, 2.24) is 3.97 Å².